The Bertz CT molecular complexity index is 575. The first-order chi connectivity index (χ1) is 8.65. The molecule has 0 bridgehead atoms. The quantitative estimate of drug-likeness (QED) is 0.512. The lowest BCUT2D eigenvalue weighted by Crippen LogP contribution is -2.00. The van der Waals surface area contributed by atoms with Crippen LogP contribution in [0.4, 0.5) is 15.8 Å². The van der Waals surface area contributed by atoms with E-state index in [9.17, 15) is 14.5 Å². The van der Waals surface area contributed by atoms with Gasteiger partial charge in [0.25, 0.3) is 5.69 Å². The van der Waals surface area contributed by atoms with Gasteiger partial charge in [-0.1, -0.05) is 12.1 Å². The van der Waals surface area contributed by atoms with Crippen molar-refractivity contribution in [1.29, 1.82) is 0 Å². The highest BCUT2D eigenvalue weighted by Crippen LogP contribution is 2.15. The molecule has 0 fully saturated rings. The number of hydrogen-bond acceptors (Lipinski definition) is 4. The van der Waals surface area contributed by atoms with E-state index < -0.39 is 10.9 Å². The van der Waals surface area contributed by atoms with Crippen molar-refractivity contribution in [2.45, 2.75) is 6.54 Å². The molecule has 2 aromatic rings. The fourth-order valence-corrected chi connectivity index (χ4v) is 1.50. The highest BCUT2D eigenvalue weighted by molar-refractivity contribution is 5.43. The molecule has 0 aliphatic carbocycles. The fourth-order valence-electron chi connectivity index (χ4n) is 1.50. The first-order valence-electron chi connectivity index (χ1n) is 5.24. The van der Waals surface area contributed by atoms with Crippen molar-refractivity contribution in [3.8, 4) is 0 Å². The second-order valence-corrected chi connectivity index (χ2v) is 3.65. The van der Waals surface area contributed by atoms with Crippen LogP contribution in [0.1, 0.15) is 5.56 Å². The van der Waals surface area contributed by atoms with E-state index in [1.165, 1.54) is 24.4 Å². The van der Waals surface area contributed by atoms with Crippen LogP contribution in [0, 0.1) is 16.1 Å². The van der Waals surface area contributed by atoms with Crippen LogP contribution >= 0.6 is 0 Å². The molecule has 0 spiro atoms. The van der Waals surface area contributed by atoms with E-state index in [-0.39, 0.29) is 5.69 Å². The van der Waals surface area contributed by atoms with Crippen LogP contribution in [0.15, 0.2) is 42.6 Å². The van der Waals surface area contributed by atoms with Gasteiger partial charge in [0.2, 0.25) is 5.95 Å². The maximum absolute atomic E-state index is 12.8. The lowest BCUT2D eigenvalue weighted by atomic mass is 10.2. The number of aromatic nitrogens is 1. The number of rotatable bonds is 4. The Morgan fingerprint density at radius 3 is 2.89 bits per heavy atom. The molecule has 0 atom stereocenters. The molecule has 18 heavy (non-hydrogen) atoms. The molecule has 0 aliphatic heterocycles. The Kier molecular flexibility index (Phi) is 3.47. The predicted octanol–water partition coefficient (Wildman–Crippen LogP) is 2.74. The zero-order valence-electron chi connectivity index (χ0n) is 9.34. The fraction of sp³-hybridized carbons (Fsp3) is 0.0833. The normalized spacial score (nSPS) is 10.1. The molecule has 2 rings (SSSR count). The van der Waals surface area contributed by atoms with Crippen LogP contribution in [-0.4, -0.2) is 9.91 Å². The number of non-ortho nitro benzene ring substituents is 1. The minimum Gasteiger partial charge on any atom is -0.381 e. The van der Waals surface area contributed by atoms with Gasteiger partial charge in [-0.2, -0.15) is 4.39 Å². The first-order valence-corrected chi connectivity index (χ1v) is 5.24. The Labute approximate surface area is 102 Å². The molecule has 0 saturated heterocycles. The van der Waals surface area contributed by atoms with Crippen molar-refractivity contribution >= 4 is 11.4 Å². The number of nitrogens with zero attached hydrogens (tertiary/aromatic N) is 2. The van der Waals surface area contributed by atoms with Crippen LogP contribution in [0.5, 0.6) is 0 Å². The standard InChI is InChI=1S/C12H10FN3O2/c13-12-7-10(4-5-14-12)15-8-9-2-1-3-11(6-9)16(17)18/h1-7H,8H2,(H,14,15). The first kappa shape index (κ1) is 12.0. The van der Waals surface area contributed by atoms with Crippen LogP contribution in [0.2, 0.25) is 0 Å². The minimum absolute atomic E-state index is 0.0372. The van der Waals surface area contributed by atoms with E-state index in [1.54, 1.807) is 18.2 Å². The van der Waals surface area contributed by atoms with Crippen LogP contribution in [0.3, 0.4) is 0 Å². The number of nitro groups is 1. The van der Waals surface area contributed by atoms with Gasteiger partial charge in [-0.15, -0.1) is 0 Å². The number of pyridine rings is 1. The molecule has 92 valence electrons. The molecule has 0 unspecified atom stereocenters. The van der Waals surface area contributed by atoms with Crippen molar-refractivity contribution < 1.29 is 9.31 Å². The molecular formula is C12H10FN3O2. The summed E-state index contributed by atoms with van der Waals surface area (Å²) in [6.45, 7) is 0.380. The lowest BCUT2D eigenvalue weighted by Gasteiger charge is -2.06. The third kappa shape index (κ3) is 3.00. The third-order valence-electron chi connectivity index (χ3n) is 2.34. The van der Waals surface area contributed by atoms with Gasteiger partial charge in [-0.05, 0) is 11.6 Å². The van der Waals surface area contributed by atoms with E-state index in [1.807, 2.05) is 0 Å². The zero-order chi connectivity index (χ0) is 13.0. The lowest BCUT2D eigenvalue weighted by molar-refractivity contribution is -0.384. The maximum Gasteiger partial charge on any atom is 0.269 e. The Hall–Kier alpha value is -2.50. The summed E-state index contributed by atoms with van der Waals surface area (Å²) in [5.41, 5.74) is 1.37. The Morgan fingerprint density at radius 1 is 1.33 bits per heavy atom. The summed E-state index contributed by atoms with van der Waals surface area (Å²) in [4.78, 5) is 13.6. The smallest absolute Gasteiger partial charge is 0.269 e. The van der Waals surface area contributed by atoms with Crippen molar-refractivity contribution in [1.82, 2.24) is 4.98 Å². The molecule has 0 aliphatic rings. The average Bonchev–Trinajstić information content (AvgIpc) is 2.37. The van der Waals surface area contributed by atoms with Gasteiger partial charge in [0.05, 0.1) is 4.92 Å². The number of anilines is 1. The van der Waals surface area contributed by atoms with Gasteiger partial charge in [-0.25, -0.2) is 4.98 Å². The number of nitro benzene ring substituents is 1. The summed E-state index contributed by atoms with van der Waals surface area (Å²) in [6, 6.07) is 9.16. The number of halogens is 1. The monoisotopic (exact) mass is 247 g/mol. The summed E-state index contributed by atoms with van der Waals surface area (Å²) < 4.78 is 12.8. The van der Waals surface area contributed by atoms with E-state index >= 15 is 0 Å². The van der Waals surface area contributed by atoms with Crippen molar-refractivity contribution in [3.63, 3.8) is 0 Å². The van der Waals surface area contributed by atoms with Gasteiger partial charge in [0.1, 0.15) is 0 Å². The Morgan fingerprint density at radius 2 is 2.17 bits per heavy atom. The van der Waals surface area contributed by atoms with E-state index in [0.29, 0.717) is 12.2 Å². The van der Waals surface area contributed by atoms with Crippen molar-refractivity contribution in [3.05, 3.63) is 64.2 Å². The summed E-state index contributed by atoms with van der Waals surface area (Å²) in [6.07, 6.45) is 1.35. The Balaban J connectivity index is 2.06. The summed E-state index contributed by atoms with van der Waals surface area (Å²) >= 11 is 0. The van der Waals surface area contributed by atoms with Gasteiger partial charge in [-0.3, -0.25) is 10.1 Å². The summed E-state index contributed by atoms with van der Waals surface area (Å²) in [5, 5.41) is 13.6. The molecule has 0 radical (unpaired) electrons. The van der Waals surface area contributed by atoms with Crippen molar-refractivity contribution in [2.24, 2.45) is 0 Å². The van der Waals surface area contributed by atoms with Gasteiger partial charge in [0.15, 0.2) is 0 Å². The summed E-state index contributed by atoms with van der Waals surface area (Å²) in [5.74, 6) is -0.570. The molecule has 1 aromatic carbocycles. The highest BCUT2D eigenvalue weighted by Gasteiger charge is 2.05. The summed E-state index contributed by atoms with van der Waals surface area (Å²) in [7, 11) is 0. The van der Waals surface area contributed by atoms with Crippen LogP contribution in [-0.2, 0) is 6.54 Å². The van der Waals surface area contributed by atoms with E-state index in [4.69, 9.17) is 0 Å². The number of hydrogen-bond donors (Lipinski definition) is 1. The SMILES string of the molecule is O=[N+]([O-])c1cccc(CNc2ccnc(F)c2)c1. The average molecular weight is 247 g/mol. The van der Waals surface area contributed by atoms with Crippen LogP contribution < -0.4 is 5.32 Å². The van der Waals surface area contributed by atoms with E-state index in [2.05, 4.69) is 10.3 Å². The van der Waals surface area contributed by atoms with Gasteiger partial charge < -0.3 is 5.32 Å². The second kappa shape index (κ2) is 5.22. The molecule has 0 amide bonds. The maximum atomic E-state index is 12.8. The third-order valence-corrected chi connectivity index (χ3v) is 2.34. The topological polar surface area (TPSA) is 68.1 Å². The van der Waals surface area contributed by atoms with E-state index in [0.717, 1.165) is 5.56 Å². The molecular weight excluding hydrogens is 237 g/mol. The van der Waals surface area contributed by atoms with Gasteiger partial charge in [0, 0.05) is 36.6 Å². The number of nitrogens with one attached hydrogen (secondary N) is 1. The predicted molar refractivity (Wildman–Crippen MR) is 64.6 cm³/mol. The zero-order valence-corrected chi connectivity index (χ0v) is 9.34. The molecule has 1 heterocycles. The van der Waals surface area contributed by atoms with Crippen molar-refractivity contribution in [2.75, 3.05) is 5.32 Å². The number of benzene rings is 1. The highest BCUT2D eigenvalue weighted by atomic mass is 19.1. The van der Waals surface area contributed by atoms with Gasteiger partial charge >= 0.3 is 0 Å². The molecule has 5 nitrogen and oxygen atoms in total. The molecule has 1 aromatic heterocycles. The molecule has 0 saturated carbocycles. The second-order valence-electron chi connectivity index (χ2n) is 3.65. The molecule has 1 N–H and O–H groups in total. The molecule has 6 heteroatoms. The largest absolute Gasteiger partial charge is 0.381 e. The minimum atomic E-state index is -0.570. The van der Waals surface area contributed by atoms with Crippen LogP contribution in [0.25, 0.3) is 0 Å².